The molecule has 0 aliphatic heterocycles. The largest absolute Gasteiger partial charge is 0.444 e. The lowest BCUT2D eigenvalue weighted by molar-refractivity contribution is -0.128. The van der Waals surface area contributed by atoms with Gasteiger partial charge in [-0.05, 0) is 70.4 Å². The van der Waals surface area contributed by atoms with E-state index < -0.39 is 47.8 Å². The molecule has 0 unspecified atom stereocenters. The molecular weight excluding hydrogens is 596 g/mol. The molecule has 0 radical (unpaired) electrons. The highest BCUT2D eigenvalue weighted by Crippen LogP contribution is 2.31. The normalized spacial score (nSPS) is 20.2. The predicted molar refractivity (Wildman–Crippen MR) is 183 cm³/mol. The number of nitrogens with one attached hydrogen (secondary N) is 3. The fraction of sp³-hybridized carbons (Fsp3) is 0.784. The zero-order valence-corrected chi connectivity index (χ0v) is 29.5. The zero-order valence-electron chi connectivity index (χ0n) is 29.5. The molecule has 3 amide bonds. The van der Waals surface area contributed by atoms with E-state index in [-0.39, 0.29) is 24.7 Å². The summed E-state index contributed by atoms with van der Waals surface area (Å²) in [6, 6.07) is 4.50. The van der Waals surface area contributed by atoms with Crippen molar-refractivity contribution in [3.05, 3.63) is 30.1 Å². The fourth-order valence-electron chi connectivity index (χ4n) is 7.09. The summed E-state index contributed by atoms with van der Waals surface area (Å²) >= 11 is 0. The van der Waals surface area contributed by atoms with Crippen LogP contribution in [-0.4, -0.2) is 63.0 Å². The van der Waals surface area contributed by atoms with Crippen molar-refractivity contribution in [1.29, 1.82) is 0 Å². The SMILES string of the molecule is C[C@H](C[C@H](O)[C@H](CC1CCCCC1)NC(=O)[C@H](C)C[C@H](O)[C@H](CC1CCCCC1)NC(=O)OC(C)(C)C)C(=O)NCc1ccccn1. The highest BCUT2D eigenvalue weighted by molar-refractivity contribution is 5.79. The molecule has 0 aromatic carbocycles. The van der Waals surface area contributed by atoms with Gasteiger partial charge in [0.1, 0.15) is 5.60 Å². The predicted octanol–water partition coefficient (Wildman–Crippen LogP) is 5.79. The maximum absolute atomic E-state index is 13.6. The molecule has 47 heavy (non-hydrogen) atoms. The second kappa shape index (κ2) is 19.3. The van der Waals surface area contributed by atoms with Crippen molar-refractivity contribution in [1.82, 2.24) is 20.9 Å². The Hall–Kier alpha value is -2.72. The van der Waals surface area contributed by atoms with E-state index in [0.29, 0.717) is 31.2 Å². The van der Waals surface area contributed by atoms with Crippen LogP contribution in [0, 0.1) is 23.7 Å². The lowest BCUT2D eigenvalue weighted by Gasteiger charge is -2.33. The first-order valence-electron chi connectivity index (χ1n) is 18.1. The van der Waals surface area contributed by atoms with Gasteiger partial charge in [-0.3, -0.25) is 14.6 Å². The first kappa shape index (κ1) is 38.7. The van der Waals surface area contributed by atoms with E-state index in [0.717, 1.165) is 57.1 Å². The van der Waals surface area contributed by atoms with Gasteiger partial charge in [-0.2, -0.15) is 0 Å². The van der Waals surface area contributed by atoms with Crippen molar-refractivity contribution in [3.63, 3.8) is 0 Å². The molecule has 5 N–H and O–H groups in total. The topological polar surface area (TPSA) is 150 Å². The van der Waals surface area contributed by atoms with E-state index >= 15 is 0 Å². The third kappa shape index (κ3) is 14.5. The molecule has 10 heteroatoms. The fourth-order valence-corrected chi connectivity index (χ4v) is 7.09. The van der Waals surface area contributed by atoms with Gasteiger partial charge in [-0.25, -0.2) is 4.79 Å². The monoisotopic (exact) mass is 658 g/mol. The van der Waals surface area contributed by atoms with Crippen molar-refractivity contribution >= 4 is 17.9 Å². The Morgan fingerprint density at radius 3 is 1.81 bits per heavy atom. The molecule has 1 aromatic rings. The molecule has 2 saturated carbocycles. The number of rotatable bonds is 16. The maximum Gasteiger partial charge on any atom is 0.407 e. The number of amides is 3. The summed E-state index contributed by atoms with van der Waals surface area (Å²) in [7, 11) is 0. The Morgan fingerprint density at radius 2 is 1.32 bits per heavy atom. The molecule has 0 spiro atoms. The number of ether oxygens (including phenoxy) is 1. The quantitative estimate of drug-likeness (QED) is 0.151. The lowest BCUT2D eigenvalue weighted by Crippen LogP contribution is -2.50. The van der Waals surface area contributed by atoms with Gasteiger partial charge in [-0.1, -0.05) is 84.1 Å². The summed E-state index contributed by atoms with van der Waals surface area (Å²) in [5.74, 6) is -0.630. The van der Waals surface area contributed by atoms with Gasteiger partial charge in [0.15, 0.2) is 0 Å². The maximum atomic E-state index is 13.6. The number of alkyl carbamates (subject to hydrolysis) is 1. The van der Waals surface area contributed by atoms with E-state index in [1.54, 1.807) is 40.8 Å². The third-order valence-corrected chi connectivity index (χ3v) is 9.84. The van der Waals surface area contributed by atoms with Crippen LogP contribution in [0.2, 0.25) is 0 Å². The molecule has 2 aliphatic rings. The molecule has 266 valence electrons. The molecule has 1 aromatic heterocycles. The van der Waals surface area contributed by atoms with Gasteiger partial charge >= 0.3 is 6.09 Å². The van der Waals surface area contributed by atoms with Gasteiger partial charge < -0.3 is 30.9 Å². The van der Waals surface area contributed by atoms with Gasteiger partial charge in [0.05, 0.1) is 36.5 Å². The van der Waals surface area contributed by atoms with Crippen molar-refractivity contribution in [2.24, 2.45) is 23.7 Å². The molecule has 0 bridgehead atoms. The molecule has 3 rings (SSSR count). The summed E-state index contributed by atoms with van der Waals surface area (Å²) in [6.07, 6.45) is 12.2. The van der Waals surface area contributed by atoms with Crippen molar-refractivity contribution in [2.45, 2.75) is 161 Å². The Morgan fingerprint density at radius 1 is 0.809 bits per heavy atom. The second-order valence-electron chi connectivity index (χ2n) is 15.3. The number of aliphatic hydroxyl groups is 2. The summed E-state index contributed by atoms with van der Waals surface area (Å²) in [5, 5.41) is 31.7. The van der Waals surface area contributed by atoms with Crippen LogP contribution >= 0.6 is 0 Å². The van der Waals surface area contributed by atoms with Crippen LogP contribution in [-0.2, 0) is 20.9 Å². The average Bonchev–Trinajstić information content (AvgIpc) is 3.03. The number of aromatic nitrogens is 1. The minimum atomic E-state index is -0.935. The molecule has 2 aliphatic carbocycles. The Balaban J connectivity index is 1.62. The molecule has 10 nitrogen and oxygen atoms in total. The lowest BCUT2D eigenvalue weighted by atomic mass is 9.82. The van der Waals surface area contributed by atoms with Crippen LogP contribution in [0.15, 0.2) is 24.4 Å². The number of carbonyl (C=O) groups excluding carboxylic acids is 3. The van der Waals surface area contributed by atoms with Gasteiger partial charge in [-0.15, -0.1) is 0 Å². The van der Waals surface area contributed by atoms with Crippen LogP contribution < -0.4 is 16.0 Å². The molecular formula is C37H62N4O6. The highest BCUT2D eigenvalue weighted by Gasteiger charge is 2.33. The number of hydrogen-bond donors (Lipinski definition) is 5. The Kier molecular flexibility index (Phi) is 15.9. The van der Waals surface area contributed by atoms with Gasteiger partial charge in [0, 0.05) is 18.0 Å². The summed E-state index contributed by atoms with van der Waals surface area (Å²) in [5.41, 5.74) is 0.0951. The van der Waals surface area contributed by atoms with E-state index in [4.69, 9.17) is 4.74 Å². The van der Waals surface area contributed by atoms with E-state index in [1.165, 1.54) is 12.8 Å². The van der Waals surface area contributed by atoms with E-state index in [9.17, 15) is 24.6 Å². The van der Waals surface area contributed by atoms with Crippen LogP contribution in [0.4, 0.5) is 4.79 Å². The number of carbonyl (C=O) groups is 3. The minimum Gasteiger partial charge on any atom is -0.444 e. The first-order valence-corrected chi connectivity index (χ1v) is 18.1. The Bertz CT molecular complexity index is 1080. The molecule has 1 heterocycles. The van der Waals surface area contributed by atoms with Crippen LogP contribution in [0.1, 0.15) is 130 Å². The van der Waals surface area contributed by atoms with Gasteiger partial charge in [0.25, 0.3) is 0 Å². The van der Waals surface area contributed by atoms with Crippen molar-refractivity contribution in [2.75, 3.05) is 0 Å². The molecule has 0 saturated heterocycles. The molecule has 2 fully saturated rings. The second-order valence-corrected chi connectivity index (χ2v) is 15.3. The standard InChI is InChI=1S/C37H62N4O6/c1-25(34(44)39-24-29-18-12-13-19-38-29)20-32(42)30(22-27-14-8-6-9-15-27)40-35(45)26(2)21-33(43)31(23-28-16-10-7-11-17-28)41-36(46)47-37(3,4)5/h12-13,18-19,25-28,30-33,42-43H,6-11,14-17,20-24H2,1-5H3,(H,39,44)(H,40,45)(H,41,46)/t25-,26-,30+,31+,32+,33+/m1/s1. The number of hydrogen-bond acceptors (Lipinski definition) is 7. The van der Waals surface area contributed by atoms with Crippen LogP contribution in [0.25, 0.3) is 0 Å². The first-order chi connectivity index (χ1) is 22.3. The average molecular weight is 659 g/mol. The third-order valence-electron chi connectivity index (χ3n) is 9.84. The molecule has 6 atom stereocenters. The highest BCUT2D eigenvalue weighted by atomic mass is 16.6. The van der Waals surface area contributed by atoms with E-state index in [1.807, 2.05) is 18.2 Å². The number of aliphatic hydroxyl groups excluding tert-OH is 2. The van der Waals surface area contributed by atoms with Crippen LogP contribution in [0.3, 0.4) is 0 Å². The van der Waals surface area contributed by atoms with Gasteiger partial charge in [0.2, 0.25) is 11.8 Å². The summed E-state index contributed by atoms with van der Waals surface area (Å²) < 4.78 is 5.50. The number of nitrogens with zero attached hydrogens (tertiary/aromatic N) is 1. The zero-order chi connectivity index (χ0) is 34.4. The van der Waals surface area contributed by atoms with Crippen molar-refractivity contribution < 1.29 is 29.3 Å². The summed E-state index contributed by atoms with van der Waals surface area (Å²) in [6.45, 7) is 9.30. The number of pyridine rings is 1. The van der Waals surface area contributed by atoms with E-state index in [2.05, 4.69) is 20.9 Å². The smallest absolute Gasteiger partial charge is 0.407 e. The van der Waals surface area contributed by atoms with Crippen molar-refractivity contribution in [3.8, 4) is 0 Å². The van der Waals surface area contributed by atoms with Crippen LogP contribution in [0.5, 0.6) is 0 Å². The summed E-state index contributed by atoms with van der Waals surface area (Å²) in [4.78, 5) is 43.4. The minimum absolute atomic E-state index is 0.164. The Labute approximate surface area is 282 Å².